The molecule has 0 fully saturated rings. The third-order valence-corrected chi connectivity index (χ3v) is 3.34. The van der Waals surface area contributed by atoms with Crippen LogP contribution in [0.4, 0.5) is 0 Å². The summed E-state index contributed by atoms with van der Waals surface area (Å²) in [5.74, 6) is 0.212. The fraction of sp³-hybridized carbons (Fsp3) is 0.214. The Bertz CT molecular complexity index is 429. The molecule has 0 N–H and O–H groups in total. The number of carbonyl (C=O) groups excluding carboxylic acids is 1. The normalized spacial score (nSPS) is 15.9. The van der Waals surface area contributed by atoms with Crippen molar-refractivity contribution in [3.05, 3.63) is 58.1 Å². The van der Waals surface area contributed by atoms with E-state index in [1.807, 2.05) is 12.1 Å². The first-order chi connectivity index (χ1) is 7.81. The summed E-state index contributed by atoms with van der Waals surface area (Å²) in [6, 6.07) is 8.19. The molecular formula is C14H13BrO. The number of carbonyl (C=O) groups is 1. The molecule has 0 radical (unpaired) electrons. The molecular weight excluding hydrogens is 264 g/mol. The molecule has 1 aliphatic rings. The van der Waals surface area contributed by atoms with Gasteiger partial charge in [0.05, 0.1) is 0 Å². The van der Waals surface area contributed by atoms with Crippen LogP contribution in [0.1, 0.15) is 24.3 Å². The topological polar surface area (TPSA) is 17.1 Å². The van der Waals surface area contributed by atoms with Crippen molar-refractivity contribution >= 4 is 22.2 Å². The highest BCUT2D eigenvalue weighted by Crippen LogP contribution is 2.31. The van der Waals surface area contributed by atoms with E-state index in [9.17, 15) is 4.79 Å². The molecule has 0 aromatic heterocycles. The Labute approximate surface area is 104 Å². The van der Waals surface area contributed by atoms with Gasteiger partial charge in [-0.25, -0.2) is 0 Å². The van der Waals surface area contributed by atoms with Gasteiger partial charge in [0.25, 0.3) is 0 Å². The lowest BCUT2D eigenvalue weighted by atomic mass is 9.89. The van der Waals surface area contributed by atoms with Gasteiger partial charge in [0.2, 0.25) is 0 Å². The molecule has 0 bridgehead atoms. The Morgan fingerprint density at radius 2 is 2.06 bits per heavy atom. The van der Waals surface area contributed by atoms with E-state index < -0.39 is 0 Å². The minimum Gasteiger partial charge on any atom is -0.303 e. The Morgan fingerprint density at radius 3 is 2.62 bits per heavy atom. The van der Waals surface area contributed by atoms with Crippen molar-refractivity contribution in [2.24, 2.45) is 0 Å². The molecule has 0 saturated heterocycles. The van der Waals surface area contributed by atoms with E-state index in [-0.39, 0.29) is 5.92 Å². The van der Waals surface area contributed by atoms with Gasteiger partial charge in [-0.3, -0.25) is 0 Å². The van der Waals surface area contributed by atoms with Crippen molar-refractivity contribution < 1.29 is 4.79 Å². The van der Waals surface area contributed by atoms with Crippen LogP contribution in [0.5, 0.6) is 0 Å². The fourth-order valence-electron chi connectivity index (χ4n) is 1.99. The summed E-state index contributed by atoms with van der Waals surface area (Å²) in [4.78, 5) is 10.8. The molecule has 0 spiro atoms. The van der Waals surface area contributed by atoms with E-state index >= 15 is 0 Å². The molecule has 1 aliphatic carbocycles. The van der Waals surface area contributed by atoms with E-state index in [2.05, 4.69) is 46.3 Å². The van der Waals surface area contributed by atoms with Gasteiger partial charge >= 0.3 is 0 Å². The van der Waals surface area contributed by atoms with Crippen LogP contribution in [0.2, 0.25) is 0 Å². The molecule has 1 atom stereocenters. The summed E-state index contributed by atoms with van der Waals surface area (Å²) < 4.78 is 1.07. The fourth-order valence-corrected chi connectivity index (χ4v) is 2.25. The quantitative estimate of drug-likeness (QED) is 0.760. The van der Waals surface area contributed by atoms with Gasteiger partial charge in [-0.2, -0.15) is 0 Å². The van der Waals surface area contributed by atoms with Gasteiger partial charge in [0.15, 0.2) is 0 Å². The molecule has 0 heterocycles. The number of benzene rings is 1. The van der Waals surface area contributed by atoms with Crippen molar-refractivity contribution in [1.82, 2.24) is 0 Å². The molecule has 1 aromatic rings. The summed E-state index contributed by atoms with van der Waals surface area (Å²) in [6.45, 7) is 0. The first-order valence-electron chi connectivity index (χ1n) is 5.37. The number of aldehydes is 1. The molecule has 1 aromatic carbocycles. The van der Waals surface area contributed by atoms with Crippen LogP contribution >= 0.6 is 15.9 Å². The second-order valence-electron chi connectivity index (χ2n) is 3.85. The van der Waals surface area contributed by atoms with Crippen LogP contribution in [-0.2, 0) is 4.79 Å². The van der Waals surface area contributed by atoms with Crippen LogP contribution in [-0.4, -0.2) is 6.29 Å². The maximum absolute atomic E-state index is 10.8. The molecule has 2 rings (SSSR count). The summed E-state index contributed by atoms with van der Waals surface area (Å²) in [7, 11) is 0. The smallest absolute Gasteiger partial charge is 0.120 e. The molecule has 16 heavy (non-hydrogen) atoms. The van der Waals surface area contributed by atoms with E-state index in [1.54, 1.807) is 0 Å². The van der Waals surface area contributed by atoms with Gasteiger partial charge in [-0.05, 0) is 29.7 Å². The highest BCUT2D eigenvalue weighted by atomic mass is 79.9. The van der Waals surface area contributed by atoms with Crippen LogP contribution in [0, 0.1) is 0 Å². The van der Waals surface area contributed by atoms with Gasteiger partial charge in [0.1, 0.15) is 6.29 Å². The Balaban J connectivity index is 2.28. The minimum absolute atomic E-state index is 0.212. The number of hydrogen-bond acceptors (Lipinski definition) is 1. The van der Waals surface area contributed by atoms with Crippen molar-refractivity contribution in [1.29, 1.82) is 0 Å². The first-order valence-corrected chi connectivity index (χ1v) is 6.16. The highest BCUT2D eigenvalue weighted by Gasteiger charge is 2.15. The standard InChI is InChI=1S/C14H13BrO/c15-13-7-5-12(6-8-13)14(9-10-16)11-3-1-2-4-11/h1,3-8,10,14H,2,9H2/t14-/m1/s1. The molecule has 2 heteroatoms. The van der Waals surface area contributed by atoms with Crippen LogP contribution in [0.25, 0.3) is 0 Å². The monoisotopic (exact) mass is 276 g/mol. The molecule has 1 nitrogen and oxygen atoms in total. The maximum Gasteiger partial charge on any atom is 0.120 e. The molecule has 0 unspecified atom stereocenters. The van der Waals surface area contributed by atoms with Crippen LogP contribution in [0.3, 0.4) is 0 Å². The average molecular weight is 277 g/mol. The third kappa shape index (κ3) is 2.50. The summed E-state index contributed by atoms with van der Waals surface area (Å²) in [5, 5.41) is 0. The SMILES string of the molecule is O=CC[C@H](C1=CCC=C1)c1ccc(Br)cc1. The minimum atomic E-state index is 0.212. The summed E-state index contributed by atoms with van der Waals surface area (Å²) in [6.07, 6.45) is 8.98. The number of halogens is 1. The van der Waals surface area contributed by atoms with Crippen LogP contribution < -0.4 is 0 Å². The number of hydrogen-bond donors (Lipinski definition) is 0. The van der Waals surface area contributed by atoms with Crippen LogP contribution in [0.15, 0.2) is 52.5 Å². The lowest BCUT2D eigenvalue weighted by Crippen LogP contribution is -2.01. The summed E-state index contributed by atoms with van der Waals surface area (Å²) in [5.41, 5.74) is 2.46. The van der Waals surface area contributed by atoms with E-state index in [0.29, 0.717) is 6.42 Å². The van der Waals surface area contributed by atoms with E-state index in [0.717, 1.165) is 17.2 Å². The van der Waals surface area contributed by atoms with Gasteiger partial charge in [-0.1, -0.05) is 46.3 Å². The second kappa shape index (κ2) is 5.26. The molecule has 0 aliphatic heterocycles. The Hall–Kier alpha value is -1.15. The van der Waals surface area contributed by atoms with Gasteiger partial charge in [0, 0.05) is 16.8 Å². The molecule has 82 valence electrons. The predicted octanol–water partition coefficient (Wildman–Crippen LogP) is 4.01. The largest absolute Gasteiger partial charge is 0.303 e. The molecule has 0 amide bonds. The highest BCUT2D eigenvalue weighted by molar-refractivity contribution is 9.10. The summed E-state index contributed by atoms with van der Waals surface area (Å²) >= 11 is 3.42. The third-order valence-electron chi connectivity index (χ3n) is 2.81. The predicted molar refractivity (Wildman–Crippen MR) is 69.4 cm³/mol. The number of rotatable bonds is 4. The Kier molecular flexibility index (Phi) is 3.73. The maximum atomic E-state index is 10.8. The second-order valence-corrected chi connectivity index (χ2v) is 4.76. The van der Waals surface area contributed by atoms with Gasteiger partial charge in [-0.15, -0.1) is 0 Å². The molecule has 0 saturated carbocycles. The zero-order valence-electron chi connectivity index (χ0n) is 8.90. The van der Waals surface area contributed by atoms with E-state index in [1.165, 1.54) is 11.1 Å². The van der Waals surface area contributed by atoms with Crippen molar-refractivity contribution in [2.45, 2.75) is 18.8 Å². The van der Waals surface area contributed by atoms with E-state index in [4.69, 9.17) is 0 Å². The Morgan fingerprint density at radius 1 is 1.31 bits per heavy atom. The van der Waals surface area contributed by atoms with Gasteiger partial charge < -0.3 is 4.79 Å². The first kappa shape index (κ1) is 11.3. The zero-order chi connectivity index (χ0) is 11.4. The zero-order valence-corrected chi connectivity index (χ0v) is 10.5. The van der Waals surface area contributed by atoms with Crippen molar-refractivity contribution in [2.75, 3.05) is 0 Å². The van der Waals surface area contributed by atoms with Crippen molar-refractivity contribution in [3.8, 4) is 0 Å². The van der Waals surface area contributed by atoms with Crippen molar-refractivity contribution in [3.63, 3.8) is 0 Å². The average Bonchev–Trinajstić information content (AvgIpc) is 2.81. The lowest BCUT2D eigenvalue weighted by Gasteiger charge is -2.15. The number of allylic oxidation sites excluding steroid dienone is 4. The lowest BCUT2D eigenvalue weighted by molar-refractivity contribution is -0.108.